The Balaban J connectivity index is 3.33. The molecule has 0 radical (unpaired) electrons. The smallest absolute Gasteiger partial charge is 0.272 e. The van der Waals surface area contributed by atoms with Crippen LogP contribution in [0.5, 0.6) is 0 Å². The molecular weight excluding hydrogens is 114 g/mol. The molecule has 9 heavy (non-hydrogen) atoms. The summed E-state index contributed by atoms with van der Waals surface area (Å²) in [5.41, 5.74) is 0. The summed E-state index contributed by atoms with van der Waals surface area (Å²) in [5.74, 6) is 2.27. The van der Waals surface area contributed by atoms with Crippen molar-refractivity contribution in [3.05, 3.63) is 11.4 Å². The number of rotatable bonds is 3. The van der Waals surface area contributed by atoms with Crippen molar-refractivity contribution in [1.82, 2.24) is 0 Å². The molecule has 0 aromatic heterocycles. The Hall–Kier alpha value is -1.28. The lowest BCUT2D eigenvalue weighted by Crippen LogP contribution is -1.98. The summed E-state index contributed by atoms with van der Waals surface area (Å²) in [6, 6.07) is 0. The third-order valence-corrected chi connectivity index (χ3v) is 0.804. The molecule has 0 fully saturated rings. The van der Waals surface area contributed by atoms with Crippen molar-refractivity contribution in [1.29, 1.82) is 0 Å². The maximum Gasteiger partial charge on any atom is 0.272 e. The maximum absolute atomic E-state index is 10.5. The monoisotopic (exact) mass is 121 g/mol. The fraction of sp³-hybridized carbons (Fsp3) is 0.429. The highest BCUT2D eigenvalue weighted by atomic mass is 16.1. The van der Waals surface area contributed by atoms with E-state index in [1.807, 2.05) is 0 Å². The van der Waals surface area contributed by atoms with E-state index in [9.17, 15) is 4.79 Å². The van der Waals surface area contributed by atoms with Crippen LogP contribution < -0.4 is 0 Å². The van der Waals surface area contributed by atoms with Crippen molar-refractivity contribution in [2.24, 2.45) is 0 Å². The van der Waals surface area contributed by atoms with E-state index in [0.29, 0.717) is 12.8 Å². The second-order valence-electron chi connectivity index (χ2n) is 1.56. The lowest BCUT2D eigenvalue weighted by Gasteiger charge is -1.83. The average molecular weight is 121 g/mol. The topological polar surface area (TPSA) is 21.4 Å². The van der Waals surface area contributed by atoms with Gasteiger partial charge in [-0.05, 0) is 0 Å². The standard InChI is InChI=1S/C7H7NO/c1-3-4-5-7(9)6-8-2/h1H,4-6H2. The van der Waals surface area contributed by atoms with E-state index in [1.165, 1.54) is 0 Å². The molecule has 0 heterocycles. The van der Waals surface area contributed by atoms with Crippen LogP contribution in [0.3, 0.4) is 0 Å². The van der Waals surface area contributed by atoms with Crippen molar-refractivity contribution in [3.8, 4) is 12.3 Å². The summed E-state index contributed by atoms with van der Waals surface area (Å²) in [6.07, 6.45) is 5.69. The van der Waals surface area contributed by atoms with Crippen LogP contribution in [0.2, 0.25) is 0 Å². The molecule has 0 aliphatic carbocycles. The predicted molar refractivity (Wildman–Crippen MR) is 34.5 cm³/mol. The van der Waals surface area contributed by atoms with E-state index >= 15 is 0 Å². The number of ketones is 1. The molecule has 0 atom stereocenters. The van der Waals surface area contributed by atoms with Crippen molar-refractivity contribution < 1.29 is 4.79 Å². The van der Waals surface area contributed by atoms with Gasteiger partial charge in [-0.1, -0.05) is 0 Å². The van der Waals surface area contributed by atoms with E-state index < -0.39 is 0 Å². The molecule has 0 rings (SSSR count). The van der Waals surface area contributed by atoms with E-state index in [0.717, 1.165) is 0 Å². The van der Waals surface area contributed by atoms with Crippen molar-refractivity contribution in [2.45, 2.75) is 12.8 Å². The maximum atomic E-state index is 10.5. The molecule has 0 N–H and O–H groups in total. The number of Topliss-reactive ketones (excluding diaryl/α,β-unsaturated/α-hetero) is 1. The molecule has 0 saturated heterocycles. The van der Waals surface area contributed by atoms with Crippen LogP contribution in [-0.2, 0) is 4.79 Å². The van der Waals surface area contributed by atoms with Crippen LogP contribution in [0.15, 0.2) is 0 Å². The van der Waals surface area contributed by atoms with Gasteiger partial charge in [0.05, 0.1) is 0 Å². The first kappa shape index (κ1) is 7.72. The Labute approximate surface area is 54.7 Å². The minimum absolute atomic E-state index is 0.0261. The minimum atomic E-state index is -0.0667. The van der Waals surface area contributed by atoms with Crippen molar-refractivity contribution in [3.63, 3.8) is 0 Å². The summed E-state index contributed by atoms with van der Waals surface area (Å²) in [7, 11) is 0. The van der Waals surface area contributed by atoms with Gasteiger partial charge in [0.15, 0.2) is 0 Å². The largest absolute Gasteiger partial charge is 0.309 e. The highest BCUT2D eigenvalue weighted by Gasteiger charge is 2.00. The molecule has 0 saturated carbocycles. The lowest BCUT2D eigenvalue weighted by molar-refractivity contribution is -0.117. The molecule has 0 aromatic carbocycles. The van der Waals surface area contributed by atoms with Crippen LogP contribution in [0, 0.1) is 18.9 Å². The fourth-order valence-electron chi connectivity index (χ4n) is 0.379. The van der Waals surface area contributed by atoms with Gasteiger partial charge in [-0.15, -0.1) is 12.3 Å². The van der Waals surface area contributed by atoms with Gasteiger partial charge in [-0.3, -0.25) is 4.79 Å². The summed E-state index contributed by atoms with van der Waals surface area (Å²) in [4.78, 5) is 13.4. The minimum Gasteiger partial charge on any atom is -0.309 e. The van der Waals surface area contributed by atoms with Gasteiger partial charge >= 0.3 is 0 Å². The number of carbonyl (C=O) groups excluding carboxylic acids is 1. The third-order valence-electron chi connectivity index (χ3n) is 0.804. The van der Waals surface area contributed by atoms with Gasteiger partial charge in [0, 0.05) is 12.8 Å². The summed E-state index contributed by atoms with van der Waals surface area (Å²) >= 11 is 0. The Morgan fingerprint density at radius 1 is 1.78 bits per heavy atom. The lowest BCUT2D eigenvalue weighted by atomic mass is 10.2. The Kier molecular flexibility index (Phi) is 4.18. The predicted octanol–water partition coefficient (Wildman–Crippen LogP) is 0.888. The summed E-state index contributed by atoms with van der Waals surface area (Å²) in [6.45, 7) is 6.29. The zero-order chi connectivity index (χ0) is 7.11. The fourth-order valence-corrected chi connectivity index (χ4v) is 0.379. The van der Waals surface area contributed by atoms with E-state index in [4.69, 9.17) is 13.0 Å². The normalized spacial score (nSPS) is 7.33. The number of hydrogen-bond donors (Lipinski definition) is 0. The SMILES string of the molecule is [C-]#[N+]CC(=O)CCC#C. The van der Waals surface area contributed by atoms with Gasteiger partial charge in [0.25, 0.3) is 6.54 Å². The molecule has 0 unspecified atom stereocenters. The van der Waals surface area contributed by atoms with E-state index in [1.54, 1.807) is 0 Å². The molecule has 0 aliphatic heterocycles. The zero-order valence-corrected chi connectivity index (χ0v) is 5.05. The molecule has 0 aliphatic rings. The van der Waals surface area contributed by atoms with Gasteiger partial charge in [0.2, 0.25) is 5.78 Å². The first-order valence-corrected chi connectivity index (χ1v) is 2.59. The molecular formula is C7H7NO. The van der Waals surface area contributed by atoms with Crippen LogP contribution in [-0.4, -0.2) is 12.3 Å². The Bertz CT molecular complexity index is 170. The number of carbonyl (C=O) groups is 1. The summed E-state index contributed by atoms with van der Waals surface area (Å²) in [5, 5.41) is 0. The second-order valence-corrected chi connectivity index (χ2v) is 1.56. The average Bonchev–Trinajstić information content (AvgIpc) is 1.85. The number of nitrogens with zero attached hydrogens (tertiary/aromatic N) is 1. The molecule has 0 amide bonds. The highest BCUT2D eigenvalue weighted by Crippen LogP contribution is 1.88. The van der Waals surface area contributed by atoms with Crippen LogP contribution in [0.25, 0.3) is 4.85 Å². The molecule has 0 spiro atoms. The van der Waals surface area contributed by atoms with Crippen LogP contribution in [0.4, 0.5) is 0 Å². The van der Waals surface area contributed by atoms with Gasteiger partial charge in [0.1, 0.15) is 0 Å². The van der Waals surface area contributed by atoms with Gasteiger partial charge in [-0.2, -0.15) is 0 Å². The van der Waals surface area contributed by atoms with Crippen LogP contribution >= 0.6 is 0 Å². The molecule has 46 valence electrons. The molecule has 0 aromatic rings. The van der Waals surface area contributed by atoms with E-state index in [-0.39, 0.29) is 12.3 Å². The number of terminal acetylenes is 1. The van der Waals surface area contributed by atoms with E-state index in [2.05, 4.69) is 10.8 Å². The second kappa shape index (κ2) is 4.87. The van der Waals surface area contributed by atoms with Gasteiger partial charge < -0.3 is 4.85 Å². The quantitative estimate of drug-likeness (QED) is 0.401. The third kappa shape index (κ3) is 4.58. The summed E-state index contributed by atoms with van der Waals surface area (Å²) < 4.78 is 0. The molecule has 2 heteroatoms. The first-order chi connectivity index (χ1) is 4.31. The Morgan fingerprint density at radius 3 is 2.89 bits per heavy atom. The number of hydrogen-bond acceptors (Lipinski definition) is 1. The van der Waals surface area contributed by atoms with Crippen LogP contribution in [0.1, 0.15) is 12.8 Å². The first-order valence-electron chi connectivity index (χ1n) is 2.59. The van der Waals surface area contributed by atoms with Crippen molar-refractivity contribution >= 4 is 5.78 Å². The van der Waals surface area contributed by atoms with Crippen molar-refractivity contribution in [2.75, 3.05) is 6.54 Å². The Morgan fingerprint density at radius 2 is 2.44 bits per heavy atom. The van der Waals surface area contributed by atoms with Gasteiger partial charge in [-0.25, -0.2) is 6.57 Å². The molecule has 2 nitrogen and oxygen atoms in total. The zero-order valence-electron chi connectivity index (χ0n) is 5.05. The highest BCUT2D eigenvalue weighted by molar-refractivity contribution is 5.81. The molecule has 0 bridgehead atoms.